The molecule has 0 spiro atoms. The van der Waals surface area contributed by atoms with Crippen LogP contribution in [-0.2, 0) is 19.5 Å². The lowest BCUT2D eigenvalue weighted by Gasteiger charge is -2.09. The van der Waals surface area contributed by atoms with Crippen molar-refractivity contribution in [2.75, 3.05) is 0 Å². The minimum Gasteiger partial charge on any atom is -0.393 e. The third-order valence-electron chi connectivity index (χ3n) is 4.95. The van der Waals surface area contributed by atoms with Gasteiger partial charge in [-0.1, -0.05) is 6.07 Å². The maximum atomic E-state index is 9.46. The van der Waals surface area contributed by atoms with E-state index < -0.39 is 0 Å². The lowest BCUT2D eigenvalue weighted by molar-refractivity contribution is 0.182. The van der Waals surface area contributed by atoms with Crippen LogP contribution in [0.15, 0.2) is 42.2 Å². The molecule has 1 unspecified atom stereocenters. The lowest BCUT2D eigenvalue weighted by Crippen LogP contribution is -2.08. The number of imidazole rings is 2. The minimum atomic E-state index is -0.239. The second-order valence-corrected chi connectivity index (χ2v) is 7.95. The van der Waals surface area contributed by atoms with Gasteiger partial charge in [0.1, 0.15) is 5.82 Å². The minimum absolute atomic E-state index is 0.239. The number of aryl methyl sites for hydroxylation is 2. The highest BCUT2D eigenvalue weighted by Crippen LogP contribution is 2.23. The van der Waals surface area contributed by atoms with Crippen LogP contribution in [0, 0.1) is 0 Å². The highest BCUT2D eigenvalue weighted by molar-refractivity contribution is 7.13. The van der Waals surface area contributed by atoms with Gasteiger partial charge in [0.25, 0.3) is 0 Å². The summed E-state index contributed by atoms with van der Waals surface area (Å²) in [6.07, 6.45) is 8.14. The molecule has 7 heteroatoms. The van der Waals surface area contributed by atoms with E-state index in [0.29, 0.717) is 6.54 Å². The Balaban J connectivity index is 1.62. The standard InChI is InChI=1S/C21H25N5OS/c1-3-26-18-8-7-16(6-4-5-15(2)27)13-17(18)24-19(26)14-25-11-9-22-20(25)21-23-10-12-28-21/h7-13,15,27H,3-6,14H2,1-2H3. The molecule has 0 bridgehead atoms. The highest BCUT2D eigenvalue weighted by atomic mass is 32.1. The second kappa shape index (κ2) is 8.24. The molecule has 1 N–H and O–H groups in total. The molecule has 0 aliphatic heterocycles. The Labute approximate surface area is 168 Å². The summed E-state index contributed by atoms with van der Waals surface area (Å²) in [6.45, 7) is 5.52. The van der Waals surface area contributed by atoms with Crippen LogP contribution in [0.1, 0.15) is 38.1 Å². The molecule has 28 heavy (non-hydrogen) atoms. The van der Waals surface area contributed by atoms with Crippen molar-refractivity contribution in [3.05, 3.63) is 53.6 Å². The van der Waals surface area contributed by atoms with Crippen molar-refractivity contribution in [2.24, 2.45) is 0 Å². The zero-order chi connectivity index (χ0) is 19.5. The second-order valence-electron chi connectivity index (χ2n) is 7.05. The fourth-order valence-corrected chi connectivity index (χ4v) is 4.22. The maximum Gasteiger partial charge on any atom is 0.169 e. The summed E-state index contributed by atoms with van der Waals surface area (Å²) < 4.78 is 4.37. The van der Waals surface area contributed by atoms with Crippen LogP contribution >= 0.6 is 11.3 Å². The summed E-state index contributed by atoms with van der Waals surface area (Å²) in [7, 11) is 0. The molecule has 146 valence electrons. The first-order chi connectivity index (χ1) is 13.7. The van der Waals surface area contributed by atoms with Crippen molar-refractivity contribution in [1.82, 2.24) is 24.1 Å². The monoisotopic (exact) mass is 395 g/mol. The average Bonchev–Trinajstić information content (AvgIpc) is 3.40. The normalized spacial score (nSPS) is 12.7. The van der Waals surface area contributed by atoms with E-state index in [0.717, 1.165) is 53.5 Å². The smallest absolute Gasteiger partial charge is 0.169 e. The Bertz CT molecular complexity index is 1050. The number of hydrogen-bond donors (Lipinski definition) is 1. The molecule has 0 radical (unpaired) electrons. The Morgan fingerprint density at radius 2 is 2.11 bits per heavy atom. The number of hydrogen-bond acceptors (Lipinski definition) is 5. The molecule has 1 atom stereocenters. The van der Waals surface area contributed by atoms with Crippen molar-refractivity contribution in [3.63, 3.8) is 0 Å². The van der Waals surface area contributed by atoms with Gasteiger partial charge in [-0.3, -0.25) is 0 Å². The van der Waals surface area contributed by atoms with E-state index in [-0.39, 0.29) is 6.10 Å². The number of nitrogens with zero attached hydrogens (tertiary/aromatic N) is 5. The molecule has 0 aliphatic rings. The number of aliphatic hydroxyl groups excluding tert-OH is 1. The molecule has 6 nitrogen and oxygen atoms in total. The molecule has 0 aliphatic carbocycles. The molecule has 4 aromatic rings. The van der Waals surface area contributed by atoms with Crippen LogP contribution in [-0.4, -0.2) is 35.3 Å². The van der Waals surface area contributed by atoms with Crippen LogP contribution in [0.5, 0.6) is 0 Å². The zero-order valence-corrected chi connectivity index (χ0v) is 17.1. The van der Waals surface area contributed by atoms with Gasteiger partial charge in [-0.2, -0.15) is 0 Å². The van der Waals surface area contributed by atoms with E-state index in [2.05, 4.69) is 44.2 Å². The van der Waals surface area contributed by atoms with E-state index in [1.807, 2.05) is 24.7 Å². The molecule has 0 saturated heterocycles. The van der Waals surface area contributed by atoms with Crippen molar-refractivity contribution in [1.29, 1.82) is 0 Å². The van der Waals surface area contributed by atoms with Crippen LogP contribution in [0.4, 0.5) is 0 Å². The Morgan fingerprint density at radius 1 is 1.21 bits per heavy atom. The SMILES string of the molecule is CCn1c(Cn2ccnc2-c2nccs2)nc2cc(CCCC(C)O)ccc21. The van der Waals surface area contributed by atoms with Gasteiger partial charge in [0.05, 0.1) is 23.7 Å². The van der Waals surface area contributed by atoms with E-state index in [9.17, 15) is 5.11 Å². The molecule has 3 heterocycles. The van der Waals surface area contributed by atoms with Gasteiger partial charge in [-0.15, -0.1) is 11.3 Å². The van der Waals surface area contributed by atoms with Crippen molar-refractivity contribution in [3.8, 4) is 10.8 Å². The van der Waals surface area contributed by atoms with Crippen LogP contribution < -0.4 is 0 Å². The van der Waals surface area contributed by atoms with Crippen molar-refractivity contribution < 1.29 is 5.11 Å². The largest absolute Gasteiger partial charge is 0.393 e. The number of thiazole rings is 1. The Kier molecular flexibility index (Phi) is 5.54. The third-order valence-corrected chi connectivity index (χ3v) is 5.72. The zero-order valence-electron chi connectivity index (χ0n) is 16.2. The van der Waals surface area contributed by atoms with Gasteiger partial charge < -0.3 is 14.2 Å². The molecule has 4 rings (SSSR count). The Morgan fingerprint density at radius 3 is 2.86 bits per heavy atom. The molecule has 0 saturated carbocycles. The summed E-state index contributed by atoms with van der Waals surface area (Å²) >= 11 is 1.59. The van der Waals surface area contributed by atoms with Crippen LogP contribution in [0.3, 0.4) is 0 Å². The number of benzene rings is 1. The quantitative estimate of drug-likeness (QED) is 0.487. The van der Waals surface area contributed by atoms with E-state index in [1.54, 1.807) is 17.5 Å². The summed E-state index contributed by atoms with van der Waals surface area (Å²) in [5, 5.41) is 12.3. The first kappa shape index (κ1) is 18.8. The van der Waals surface area contributed by atoms with E-state index >= 15 is 0 Å². The molecular weight excluding hydrogens is 370 g/mol. The summed E-state index contributed by atoms with van der Waals surface area (Å²) in [5.74, 6) is 1.90. The van der Waals surface area contributed by atoms with Crippen LogP contribution in [0.2, 0.25) is 0 Å². The summed E-state index contributed by atoms with van der Waals surface area (Å²) in [5.41, 5.74) is 3.46. The van der Waals surface area contributed by atoms with E-state index in [1.165, 1.54) is 5.56 Å². The van der Waals surface area contributed by atoms with E-state index in [4.69, 9.17) is 4.98 Å². The van der Waals surface area contributed by atoms with Gasteiger partial charge in [-0.05, 0) is 50.8 Å². The molecule has 3 aromatic heterocycles. The van der Waals surface area contributed by atoms with Crippen LogP contribution in [0.25, 0.3) is 21.9 Å². The maximum absolute atomic E-state index is 9.46. The molecule has 1 aromatic carbocycles. The summed E-state index contributed by atoms with van der Waals surface area (Å²) in [6, 6.07) is 6.53. The average molecular weight is 396 g/mol. The van der Waals surface area contributed by atoms with Gasteiger partial charge in [-0.25, -0.2) is 15.0 Å². The number of fused-ring (bicyclic) bond motifs is 1. The number of aliphatic hydroxyl groups is 1. The molecular formula is C21H25N5OS. The third kappa shape index (κ3) is 3.86. The predicted molar refractivity (Wildman–Crippen MR) is 112 cm³/mol. The van der Waals surface area contributed by atoms with Gasteiger partial charge >= 0.3 is 0 Å². The number of rotatable bonds is 8. The lowest BCUT2D eigenvalue weighted by atomic mass is 10.1. The molecule has 0 fully saturated rings. The topological polar surface area (TPSA) is 68.8 Å². The molecule has 0 amide bonds. The summed E-state index contributed by atoms with van der Waals surface area (Å²) in [4.78, 5) is 13.8. The van der Waals surface area contributed by atoms with Gasteiger partial charge in [0.15, 0.2) is 10.8 Å². The van der Waals surface area contributed by atoms with Gasteiger partial charge in [0.2, 0.25) is 0 Å². The fourth-order valence-electron chi connectivity index (χ4n) is 3.58. The Hall–Kier alpha value is -2.51. The fraction of sp³-hybridized carbons (Fsp3) is 0.381. The van der Waals surface area contributed by atoms with Crippen molar-refractivity contribution in [2.45, 2.75) is 52.3 Å². The number of aromatic nitrogens is 5. The first-order valence-corrected chi connectivity index (χ1v) is 10.6. The van der Waals surface area contributed by atoms with Gasteiger partial charge in [0, 0.05) is 30.5 Å². The predicted octanol–water partition coefficient (Wildman–Crippen LogP) is 4.13. The highest BCUT2D eigenvalue weighted by Gasteiger charge is 2.14. The first-order valence-electron chi connectivity index (χ1n) is 9.72. The van der Waals surface area contributed by atoms with Crippen molar-refractivity contribution >= 4 is 22.4 Å².